The maximum absolute atomic E-state index is 5.61. The van der Waals surface area contributed by atoms with Crippen LogP contribution in [0.25, 0.3) is 11.2 Å². The van der Waals surface area contributed by atoms with Crippen LogP contribution in [0.2, 0.25) is 0 Å². The first-order chi connectivity index (χ1) is 7.70. The quantitative estimate of drug-likeness (QED) is 0.738. The van der Waals surface area contributed by atoms with Gasteiger partial charge in [0, 0.05) is 11.8 Å². The van der Waals surface area contributed by atoms with E-state index in [0.717, 1.165) is 11.3 Å². The molecule has 0 aliphatic rings. The molecule has 2 rings (SSSR count). The Morgan fingerprint density at radius 2 is 2.38 bits per heavy atom. The largest absolute Gasteiger partial charge is 0.368 e. The first-order valence-corrected chi connectivity index (χ1v) is 6.32. The third-order valence-corrected chi connectivity index (χ3v) is 2.94. The van der Waals surface area contributed by atoms with Crippen molar-refractivity contribution in [1.82, 2.24) is 19.9 Å². The monoisotopic (exact) mass is 238 g/mol. The van der Waals surface area contributed by atoms with Gasteiger partial charge in [0.1, 0.15) is 5.52 Å². The SMILES string of the molecule is CSCC(C)Nc1nc(N)nc2nc[nH]c12. The fourth-order valence-electron chi connectivity index (χ4n) is 1.48. The summed E-state index contributed by atoms with van der Waals surface area (Å²) in [5.74, 6) is 1.94. The lowest BCUT2D eigenvalue weighted by Gasteiger charge is -2.13. The number of nitrogen functional groups attached to an aromatic ring is 1. The molecule has 0 saturated carbocycles. The number of hydrogen-bond donors (Lipinski definition) is 3. The number of nitrogens with two attached hydrogens (primary N) is 1. The molecule has 16 heavy (non-hydrogen) atoms. The van der Waals surface area contributed by atoms with E-state index in [4.69, 9.17) is 5.73 Å². The summed E-state index contributed by atoms with van der Waals surface area (Å²) in [5, 5.41) is 3.29. The highest BCUT2D eigenvalue weighted by atomic mass is 32.2. The van der Waals surface area contributed by atoms with Crippen LogP contribution in [0.3, 0.4) is 0 Å². The molecule has 1 unspecified atom stereocenters. The average Bonchev–Trinajstić information content (AvgIpc) is 2.65. The number of imidazole rings is 1. The van der Waals surface area contributed by atoms with Crippen molar-refractivity contribution in [3.63, 3.8) is 0 Å². The van der Waals surface area contributed by atoms with E-state index < -0.39 is 0 Å². The van der Waals surface area contributed by atoms with Crippen LogP contribution in [0, 0.1) is 0 Å². The lowest BCUT2D eigenvalue weighted by molar-refractivity contribution is 0.904. The third kappa shape index (κ3) is 2.19. The molecular weight excluding hydrogens is 224 g/mol. The highest BCUT2D eigenvalue weighted by Crippen LogP contribution is 2.18. The molecule has 2 aromatic heterocycles. The molecule has 7 heteroatoms. The fraction of sp³-hybridized carbons (Fsp3) is 0.444. The highest BCUT2D eigenvalue weighted by Gasteiger charge is 2.10. The average molecular weight is 238 g/mol. The number of nitrogens with one attached hydrogen (secondary N) is 2. The van der Waals surface area contributed by atoms with E-state index in [1.165, 1.54) is 0 Å². The summed E-state index contributed by atoms with van der Waals surface area (Å²) in [6, 6.07) is 0.316. The molecule has 0 aliphatic heterocycles. The van der Waals surface area contributed by atoms with Gasteiger partial charge in [0.25, 0.3) is 0 Å². The van der Waals surface area contributed by atoms with Crippen LogP contribution < -0.4 is 11.1 Å². The number of aromatic nitrogens is 4. The van der Waals surface area contributed by atoms with Crippen molar-refractivity contribution in [2.45, 2.75) is 13.0 Å². The molecule has 0 amide bonds. The Kier molecular flexibility index (Phi) is 3.14. The molecular formula is C9H14N6S. The second-order valence-corrected chi connectivity index (χ2v) is 4.44. The van der Waals surface area contributed by atoms with Crippen molar-refractivity contribution in [2.75, 3.05) is 23.1 Å². The number of rotatable bonds is 4. The number of fused-ring (bicyclic) bond motifs is 1. The molecule has 86 valence electrons. The molecule has 2 aromatic rings. The van der Waals surface area contributed by atoms with Crippen LogP contribution in [0.4, 0.5) is 11.8 Å². The number of nitrogens with zero attached hydrogens (tertiary/aromatic N) is 3. The lowest BCUT2D eigenvalue weighted by atomic mass is 10.3. The van der Waals surface area contributed by atoms with Crippen molar-refractivity contribution in [1.29, 1.82) is 0 Å². The molecule has 0 radical (unpaired) electrons. The molecule has 0 spiro atoms. The number of H-pyrrole nitrogens is 1. The highest BCUT2D eigenvalue weighted by molar-refractivity contribution is 7.98. The molecule has 0 aliphatic carbocycles. The van der Waals surface area contributed by atoms with E-state index >= 15 is 0 Å². The summed E-state index contributed by atoms with van der Waals surface area (Å²) in [5.41, 5.74) is 7.00. The summed E-state index contributed by atoms with van der Waals surface area (Å²) >= 11 is 1.78. The molecule has 2 heterocycles. The van der Waals surface area contributed by atoms with Gasteiger partial charge in [-0.25, -0.2) is 4.98 Å². The van der Waals surface area contributed by atoms with E-state index in [1.54, 1.807) is 18.1 Å². The van der Waals surface area contributed by atoms with Gasteiger partial charge >= 0.3 is 0 Å². The van der Waals surface area contributed by atoms with Crippen LogP contribution >= 0.6 is 11.8 Å². The number of thioether (sulfide) groups is 1. The first kappa shape index (κ1) is 11.0. The van der Waals surface area contributed by atoms with E-state index in [2.05, 4.69) is 38.4 Å². The summed E-state index contributed by atoms with van der Waals surface area (Å²) < 4.78 is 0. The van der Waals surface area contributed by atoms with Gasteiger partial charge in [0.05, 0.1) is 6.33 Å². The van der Waals surface area contributed by atoms with Crippen LogP contribution in [0.5, 0.6) is 0 Å². The van der Waals surface area contributed by atoms with Gasteiger partial charge in [-0.1, -0.05) is 0 Å². The Morgan fingerprint density at radius 1 is 1.56 bits per heavy atom. The van der Waals surface area contributed by atoms with Gasteiger partial charge in [-0.2, -0.15) is 21.7 Å². The molecule has 0 bridgehead atoms. The minimum absolute atomic E-state index is 0.235. The maximum atomic E-state index is 5.61. The number of hydrogen-bond acceptors (Lipinski definition) is 6. The molecule has 6 nitrogen and oxygen atoms in total. The van der Waals surface area contributed by atoms with Crippen molar-refractivity contribution < 1.29 is 0 Å². The van der Waals surface area contributed by atoms with Crippen LogP contribution in [0.1, 0.15) is 6.92 Å². The van der Waals surface area contributed by atoms with Crippen molar-refractivity contribution >= 4 is 34.7 Å². The van der Waals surface area contributed by atoms with Crippen molar-refractivity contribution in [2.24, 2.45) is 0 Å². The second kappa shape index (κ2) is 4.56. The molecule has 1 atom stereocenters. The van der Waals surface area contributed by atoms with E-state index in [1.807, 2.05) is 0 Å². The third-order valence-electron chi connectivity index (χ3n) is 2.10. The van der Waals surface area contributed by atoms with Gasteiger partial charge in [-0.15, -0.1) is 0 Å². The Bertz CT molecular complexity index is 482. The molecule has 0 aromatic carbocycles. The zero-order valence-electron chi connectivity index (χ0n) is 9.19. The fourth-order valence-corrected chi connectivity index (χ4v) is 2.06. The smallest absolute Gasteiger partial charge is 0.224 e. The van der Waals surface area contributed by atoms with Crippen molar-refractivity contribution in [3.8, 4) is 0 Å². The van der Waals surface area contributed by atoms with Gasteiger partial charge in [0.15, 0.2) is 11.5 Å². The summed E-state index contributed by atoms with van der Waals surface area (Å²) in [6.07, 6.45) is 3.65. The Balaban J connectivity index is 2.31. The topological polar surface area (TPSA) is 92.5 Å². The van der Waals surface area contributed by atoms with E-state index in [9.17, 15) is 0 Å². The lowest BCUT2D eigenvalue weighted by Crippen LogP contribution is -2.19. The number of anilines is 2. The van der Waals surface area contributed by atoms with Gasteiger partial charge in [-0.3, -0.25) is 0 Å². The second-order valence-electron chi connectivity index (χ2n) is 3.53. The maximum Gasteiger partial charge on any atom is 0.224 e. The van der Waals surface area contributed by atoms with Gasteiger partial charge in [-0.05, 0) is 13.2 Å². The summed E-state index contributed by atoms with van der Waals surface area (Å²) in [6.45, 7) is 2.09. The van der Waals surface area contributed by atoms with Gasteiger partial charge in [0.2, 0.25) is 5.95 Å². The van der Waals surface area contributed by atoms with E-state index in [0.29, 0.717) is 17.5 Å². The van der Waals surface area contributed by atoms with Crippen LogP contribution in [-0.4, -0.2) is 38.0 Å². The minimum Gasteiger partial charge on any atom is -0.368 e. The Morgan fingerprint density at radius 3 is 3.12 bits per heavy atom. The first-order valence-electron chi connectivity index (χ1n) is 4.92. The number of aromatic amines is 1. The predicted octanol–water partition coefficient (Wildman–Crippen LogP) is 1.10. The van der Waals surface area contributed by atoms with E-state index in [-0.39, 0.29) is 5.95 Å². The zero-order valence-corrected chi connectivity index (χ0v) is 10.0. The van der Waals surface area contributed by atoms with Crippen LogP contribution in [0.15, 0.2) is 6.33 Å². The van der Waals surface area contributed by atoms with Crippen LogP contribution in [-0.2, 0) is 0 Å². The van der Waals surface area contributed by atoms with Gasteiger partial charge < -0.3 is 16.0 Å². The van der Waals surface area contributed by atoms with Crippen molar-refractivity contribution in [3.05, 3.63) is 6.33 Å². The minimum atomic E-state index is 0.235. The standard InChI is InChI=1S/C9H14N6S/c1-5(3-16-2)13-8-6-7(12-4-11-6)14-9(10)15-8/h4-5H,3H2,1-2H3,(H4,10,11,12,13,14,15). The zero-order chi connectivity index (χ0) is 11.5. The molecule has 0 fully saturated rings. The predicted molar refractivity (Wildman–Crippen MR) is 67.6 cm³/mol. The summed E-state index contributed by atoms with van der Waals surface area (Å²) in [7, 11) is 0. The molecule has 4 N–H and O–H groups in total. The normalized spacial score (nSPS) is 12.9. The molecule has 0 saturated heterocycles. The Labute approximate surface area is 97.5 Å². The summed E-state index contributed by atoms with van der Waals surface area (Å²) in [4.78, 5) is 15.3. The Hall–Kier alpha value is -1.50.